The van der Waals surface area contributed by atoms with Gasteiger partial charge < -0.3 is 4.90 Å². The lowest BCUT2D eigenvalue weighted by Gasteiger charge is -2.45. The summed E-state index contributed by atoms with van der Waals surface area (Å²) in [5, 5.41) is 13.9. The molecule has 34 heavy (non-hydrogen) atoms. The minimum atomic E-state index is -1.31. The fraction of sp³-hybridized carbons (Fsp3) is 0.565. The first-order chi connectivity index (χ1) is 16.3. The molecule has 2 aliphatic rings. The second-order valence-corrected chi connectivity index (χ2v) is 13.2. The number of piperidine rings is 1. The summed E-state index contributed by atoms with van der Waals surface area (Å²) in [7, 11) is -1.31. The summed E-state index contributed by atoms with van der Waals surface area (Å²) in [5.41, 5.74) is 1.18. The smallest absolute Gasteiger partial charge is 0.211 e. The number of anilines is 1. The van der Waals surface area contributed by atoms with Gasteiger partial charge in [-0.1, -0.05) is 29.8 Å². The van der Waals surface area contributed by atoms with Gasteiger partial charge in [0.05, 0.1) is 31.7 Å². The number of aromatic nitrogens is 5. The maximum absolute atomic E-state index is 12.1. The van der Waals surface area contributed by atoms with Crippen molar-refractivity contribution < 1.29 is 4.21 Å². The molecular weight excluding hydrogens is 490 g/mol. The third-order valence-corrected chi connectivity index (χ3v) is 10.4. The van der Waals surface area contributed by atoms with E-state index in [9.17, 15) is 4.21 Å². The number of fused-ring (bicyclic) bond motifs is 1. The zero-order valence-corrected chi connectivity index (χ0v) is 21.9. The average Bonchev–Trinajstić information content (AvgIpc) is 3.44. The van der Waals surface area contributed by atoms with E-state index in [1.54, 1.807) is 6.20 Å². The molecule has 1 unspecified atom stereocenters. The Labute approximate surface area is 211 Å². The number of rotatable bonds is 6. The summed E-state index contributed by atoms with van der Waals surface area (Å²) in [6.07, 6.45) is 14.2. The second kappa shape index (κ2) is 9.37. The van der Waals surface area contributed by atoms with Gasteiger partial charge in [0.1, 0.15) is 0 Å². The van der Waals surface area contributed by atoms with Crippen molar-refractivity contribution in [3.63, 3.8) is 0 Å². The molecule has 5 rings (SSSR count). The minimum Gasteiger partial charge on any atom is -0.342 e. The van der Waals surface area contributed by atoms with Gasteiger partial charge in [0.15, 0.2) is 10.8 Å². The third kappa shape index (κ3) is 4.45. The fourth-order valence-electron chi connectivity index (χ4n) is 5.70. The zero-order chi connectivity index (χ0) is 23.9. The maximum atomic E-state index is 12.1. The molecule has 3 aromatic heterocycles. The first-order valence-electron chi connectivity index (χ1n) is 11.7. The molecule has 1 aliphatic heterocycles. The Hall–Kier alpha value is -1.75. The monoisotopic (exact) mass is 519 g/mol. The maximum Gasteiger partial charge on any atom is 0.211 e. The van der Waals surface area contributed by atoms with Crippen LogP contribution < -0.4 is 10.0 Å². The van der Waals surface area contributed by atoms with Crippen LogP contribution in [-0.2, 0) is 11.0 Å². The molecule has 0 aromatic carbocycles. The number of hydrogen-bond acceptors (Lipinski definition) is 7. The molecule has 4 heterocycles. The van der Waals surface area contributed by atoms with E-state index in [-0.39, 0.29) is 4.75 Å². The predicted octanol–water partition coefficient (Wildman–Crippen LogP) is 4.50. The molecule has 1 saturated heterocycles. The van der Waals surface area contributed by atoms with Gasteiger partial charge in [-0.15, -0.1) is 5.10 Å². The van der Waals surface area contributed by atoms with Gasteiger partial charge in [-0.25, -0.2) is 14.2 Å². The Balaban J connectivity index is 1.34. The van der Waals surface area contributed by atoms with Crippen LogP contribution in [0.25, 0.3) is 5.65 Å². The average molecular weight is 520 g/mol. The van der Waals surface area contributed by atoms with Crippen molar-refractivity contribution in [3.05, 3.63) is 36.0 Å². The highest BCUT2D eigenvalue weighted by Gasteiger charge is 2.47. The summed E-state index contributed by atoms with van der Waals surface area (Å²) < 4.78 is 13.8. The molecule has 182 valence electrons. The van der Waals surface area contributed by atoms with Crippen LogP contribution in [0.3, 0.4) is 0 Å². The molecule has 2 fully saturated rings. The van der Waals surface area contributed by atoms with Crippen molar-refractivity contribution in [3.8, 4) is 0 Å². The molecule has 8 nitrogen and oxygen atoms in total. The zero-order valence-electron chi connectivity index (χ0n) is 19.5. The number of halogens is 1. The summed E-state index contributed by atoms with van der Waals surface area (Å²) in [6, 6.07) is 1.84. The standard InChI is InChI=1S/C23H30ClN7OS2/c1-22(2,34(25)32)14-16-4-3-6-23(16)7-11-30(12-8-23)21-27-15-18(20-26-10-13-31(20)21)33-17-5-9-28-29-19(17)24/h5,9-10,13,15-16H,3-4,6-8,11-12,14,25H2,1-2H3/t16-,34?/m1/s1. The lowest BCUT2D eigenvalue weighted by molar-refractivity contribution is 0.133. The van der Waals surface area contributed by atoms with Gasteiger partial charge in [-0.3, -0.25) is 9.54 Å². The fourth-order valence-corrected chi connectivity index (χ4v) is 7.13. The first-order valence-corrected chi connectivity index (χ1v) is 14.1. The highest BCUT2D eigenvalue weighted by molar-refractivity contribution is 7.99. The van der Waals surface area contributed by atoms with E-state index >= 15 is 0 Å². The van der Waals surface area contributed by atoms with Crippen LogP contribution in [0, 0.1) is 11.3 Å². The molecule has 1 saturated carbocycles. The van der Waals surface area contributed by atoms with E-state index in [1.165, 1.54) is 31.0 Å². The van der Waals surface area contributed by atoms with Crippen molar-refractivity contribution in [2.24, 2.45) is 16.5 Å². The quantitative estimate of drug-likeness (QED) is 0.511. The Morgan fingerprint density at radius 3 is 2.76 bits per heavy atom. The molecule has 0 amide bonds. The van der Waals surface area contributed by atoms with Crippen LogP contribution in [-0.4, -0.2) is 46.6 Å². The van der Waals surface area contributed by atoms with Crippen LogP contribution in [0.5, 0.6) is 0 Å². The van der Waals surface area contributed by atoms with E-state index in [4.69, 9.17) is 21.7 Å². The van der Waals surface area contributed by atoms with Crippen LogP contribution in [0.1, 0.15) is 52.4 Å². The van der Waals surface area contributed by atoms with E-state index in [0.717, 1.165) is 53.7 Å². The Kier molecular flexibility index (Phi) is 6.60. The van der Waals surface area contributed by atoms with Gasteiger partial charge >= 0.3 is 0 Å². The number of nitrogens with two attached hydrogens (primary N) is 1. The van der Waals surface area contributed by atoms with Crippen LogP contribution in [0.15, 0.2) is 40.6 Å². The topological polar surface area (TPSA) is 102 Å². The number of hydrogen-bond donors (Lipinski definition) is 1. The molecule has 1 aliphatic carbocycles. The molecular formula is C23H30ClN7OS2. The van der Waals surface area contributed by atoms with Gasteiger partial charge in [-0.2, -0.15) is 5.10 Å². The van der Waals surface area contributed by atoms with Crippen molar-refractivity contribution >= 4 is 45.9 Å². The van der Waals surface area contributed by atoms with Gasteiger partial charge in [0, 0.05) is 31.7 Å². The van der Waals surface area contributed by atoms with Gasteiger partial charge in [0.25, 0.3) is 0 Å². The Morgan fingerprint density at radius 2 is 2.03 bits per heavy atom. The van der Waals surface area contributed by atoms with E-state index in [2.05, 4.69) is 24.5 Å². The van der Waals surface area contributed by atoms with Crippen molar-refractivity contribution in [1.29, 1.82) is 0 Å². The van der Waals surface area contributed by atoms with Gasteiger partial charge in [-0.05, 0) is 63.4 Å². The summed E-state index contributed by atoms with van der Waals surface area (Å²) in [6.45, 7) is 5.99. The number of nitrogens with zero attached hydrogens (tertiary/aromatic N) is 6. The first kappa shape index (κ1) is 24.0. The summed E-state index contributed by atoms with van der Waals surface area (Å²) in [5.74, 6) is 1.50. The van der Waals surface area contributed by atoms with Gasteiger partial charge in [0.2, 0.25) is 5.95 Å². The van der Waals surface area contributed by atoms with Crippen molar-refractivity contribution in [1.82, 2.24) is 24.6 Å². The molecule has 1 spiro atoms. The summed E-state index contributed by atoms with van der Waals surface area (Å²) >= 11 is 7.70. The normalized spacial score (nSPS) is 21.4. The Bertz CT molecular complexity index is 1210. The third-order valence-electron chi connectivity index (χ3n) is 7.65. The molecule has 0 radical (unpaired) electrons. The molecule has 11 heteroatoms. The van der Waals surface area contributed by atoms with Crippen LogP contribution in [0.2, 0.25) is 5.15 Å². The van der Waals surface area contributed by atoms with Crippen molar-refractivity contribution in [2.45, 2.75) is 66.9 Å². The predicted molar refractivity (Wildman–Crippen MR) is 136 cm³/mol. The minimum absolute atomic E-state index is 0.322. The molecule has 2 N–H and O–H groups in total. The largest absolute Gasteiger partial charge is 0.342 e. The molecule has 2 atom stereocenters. The highest BCUT2D eigenvalue weighted by atomic mass is 35.5. The van der Waals surface area contributed by atoms with Crippen LogP contribution in [0.4, 0.5) is 5.95 Å². The number of imidazole rings is 1. The highest BCUT2D eigenvalue weighted by Crippen LogP contribution is 2.53. The molecule has 0 bridgehead atoms. The van der Waals surface area contributed by atoms with E-state index in [0.29, 0.717) is 16.5 Å². The van der Waals surface area contributed by atoms with E-state index < -0.39 is 11.0 Å². The lowest BCUT2D eigenvalue weighted by atomic mass is 9.68. The van der Waals surface area contributed by atoms with E-state index in [1.807, 2.05) is 38.5 Å². The van der Waals surface area contributed by atoms with Crippen LogP contribution >= 0.6 is 23.4 Å². The SMILES string of the molecule is CC(C)(C[C@H]1CCCC12CCN(c1ncc(Sc3ccnnc3Cl)c3nccn13)CC2)S(N)=O. The van der Waals surface area contributed by atoms with Crippen molar-refractivity contribution in [2.75, 3.05) is 18.0 Å². The Morgan fingerprint density at radius 1 is 1.24 bits per heavy atom. The lowest BCUT2D eigenvalue weighted by Crippen LogP contribution is -2.45. The molecule has 3 aromatic rings. The summed E-state index contributed by atoms with van der Waals surface area (Å²) in [4.78, 5) is 13.5. The second-order valence-electron chi connectivity index (χ2n) is 10.0.